The molecule has 5 nitrogen and oxygen atoms in total. The van der Waals surface area contributed by atoms with Gasteiger partial charge in [0.05, 0.1) is 22.6 Å². The minimum absolute atomic E-state index is 0.0698. The highest BCUT2D eigenvalue weighted by atomic mass is 79.9. The van der Waals surface area contributed by atoms with E-state index in [2.05, 4.69) is 37.2 Å². The summed E-state index contributed by atoms with van der Waals surface area (Å²) in [7, 11) is 1.54. The van der Waals surface area contributed by atoms with Crippen molar-refractivity contribution in [2.24, 2.45) is 0 Å². The van der Waals surface area contributed by atoms with Gasteiger partial charge in [-0.3, -0.25) is 10.2 Å². The van der Waals surface area contributed by atoms with E-state index in [1.807, 2.05) is 18.2 Å². The van der Waals surface area contributed by atoms with Crippen LogP contribution in [-0.2, 0) is 0 Å². The van der Waals surface area contributed by atoms with E-state index in [4.69, 9.17) is 14.6 Å². The summed E-state index contributed by atoms with van der Waals surface area (Å²) >= 11 is 6.76. The summed E-state index contributed by atoms with van der Waals surface area (Å²) in [4.78, 5) is 12.5. The zero-order valence-corrected chi connectivity index (χ0v) is 15.7. The van der Waals surface area contributed by atoms with Gasteiger partial charge in [-0.2, -0.15) is 0 Å². The van der Waals surface area contributed by atoms with Crippen molar-refractivity contribution in [3.05, 3.63) is 62.5 Å². The Morgan fingerprint density at radius 2 is 1.96 bits per heavy atom. The van der Waals surface area contributed by atoms with Crippen molar-refractivity contribution in [2.45, 2.75) is 0 Å². The molecule has 0 aliphatic carbocycles. The predicted octanol–water partition coefficient (Wildman–Crippen LogP) is 4.70. The van der Waals surface area contributed by atoms with Gasteiger partial charge in [0.1, 0.15) is 23.2 Å². The van der Waals surface area contributed by atoms with E-state index in [1.165, 1.54) is 13.4 Å². The molecule has 3 aromatic rings. The molecule has 2 aromatic carbocycles. The average Bonchev–Trinajstić information content (AvgIpc) is 2.57. The molecule has 0 saturated heterocycles. The van der Waals surface area contributed by atoms with Gasteiger partial charge < -0.3 is 14.5 Å². The Hall–Kier alpha value is -2.12. The number of fused-ring (bicyclic) bond motifs is 1. The van der Waals surface area contributed by atoms with Gasteiger partial charge in [-0.05, 0) is 56.1 Å². The topological polar surface area (TPSA) is 75.3 Å². The molecule has 0 saturated carbocycles. The third-order valence-corrected chi connectivity index (χ3v) is 4.73. The number of halogens is 2. The van der Waals surface area contributed by atoms with Gasteiger partial charge in [0, 0.05) is 9.86 Å². The number of carbonyl (C=O) groups excluding carboxylic acids is 1. The highest BCUT2D eigenvalue weighted by Gasteiger charge is 2.15. The van der Waals surface area contributed by atoms with Crippen molar-refractivity contribution in [1.82, 2.24) is 0 Å². The molecule has 0 aliphatic heterocycles. The molecule has 0 fully saturated rings. The minimum Gasteiger partial charge on any atom is -0.497 e. The summed E-state index contributed by atoms with van der Waals surface area (Å²) < 4.78 is 12.2. The lowest BCUT2D eigenvalue weighted by atomic mass is 10.1. The van der Waals surface area contributed by atoms with E-state index in [1.54, 1.807) is 18.2 Å². The van der Waals surface area contributed by atoms with E-state index >= 15 is 0 Å². The molecule has 0 atom stereocenters. The summed E-state index contributed by atoms with van der Waals surface area (Å²) in [6, 6.07) is 10.7. The highest BCUT2D eigenvalue weighted by Crippen LogP contribution is 2.28. The van der Waals surface area contributed by atoms with Crippen LogP contribution in [0, 0.1) is 5.41 Å². The van der Waals surface area contributed by atoms with Crippen LogP contribution >= 0.6 is 31.9 Å². The van der Waals surface area contributed by atoms with Crippen LogP contribution < -0.4 is 15.4 Å². The Morgan fingerprint density at radius 1 is 1.21 bits per heavy atom. The molecule has 0 radical (unpaired) electrons. The fraction of sp³-hybridized carbons (Fsp3) is 0.0588. The number of rotatable bonds is 3. The van der Waals surface area contributed by atoms with Crippen LogP contribution in [0.3, 0.4) is 0 Å². The van der Waals surface area contributed by atoms with Crippen LogP contribution in [0.15, 0.2) is 56.0 Å². The molecule has 24 heavy (non-hydrogen) atoms. The molecule has 1 heterocycles. The number of nitrogens with one attached hydrogen (secondary N) is 2. The summed E-state index contributed by atoms with van der Waals surface area (Å²) in [5.41, 5.74) is 1.24. The normalized spacial score (nSPS) is 10.6. The van der Waals surface area contributed by atoms with E-state index in [0.29, 0.717) is 26.9 Å². The van der Waals surface area contributed by atoms with Crippen molar-refractivity contribution >= 4 is 54.4 Å². The number of hydrogen-bond acceptors (Lipinski definition) is 4. The molecule has 0 bridgehead atoms. The summed E-state index contributed by atoms with van der Waals surface area (Å²) in [6.45, 7) is 0. The molecular weight excluding hydrogens is 440 g/mol. The molecule has 0 aliphatic rings. The Morgan fingerprint density at radius 3 is 2.67 bits per heavy atom. The second-order valence-electron chi connectivity index (χ2n) is 4.94. The third-order valence-electron chi connectivity index (χ3n) is 3.45. The molecule has 0 spiro atoms. The number of ether oxygens (including phenoxy) is 1. The van der Waals surface area contributed by atoms with Gasteiger partial charge in [0.25, 0.3) is 5.91 Å². The lowest BCUT2D eigenvalue weighted by Gasteiger charge is -2.09. The highest BCUT2D eigenvalue weighted by molar-refractivity contribution is 9.11. The van der Waals surface area contributed by atoms with Gasteiger partial charge >= 0.3 is 0 Å². The van der Waals surface area contributed by atoms with Crippen molar-refractivity contribution in [1.29, 1.82) is 5.41 Å². The lowest BCUT2D eigenvalue weighted by Crippen LogP contribution is -2.21. The molecule has 122 valence electrons. The fourth-order valence-electron chi connectivity index (χ4n) is 2.23. The smallest absolute Gasteiger partial charge is 0.261 e. The number of amides is 1. The molecular formula is C17H12Br2N2O3. The monoisotopic (exact) mass is 450 g/mol. The molecule has 7 heteroatoms. The maximum atomic E-state index is 12.5. The second kappa shape index (κ2) is 6.78. The van der Waals surface area contributed by atoms with Crippen LogP contribution in [-0.4, -0.2) is 13.0 Å². The van der Waals surface area contributed by atoms with E-state index in [0.717, 1.165) is 4.47 Å². The fourth-order valence-corrected chi connectivity index (χ4v) is 3.15. The van der Waals surface area contributed by atoms with Gasteiger partial charge in [0.2, 0.25) is 0 Å². The Kier molecular flexibility index (Phi) is 4.73. The molecule has 1 amide bonds. The Bertz CT molecular complexity index is 999. The summed E-state index contributed by atoms with van der Waals surface area (Å²) in [6.07, 6.45) is 1.29. The maximum Gasteiger partial charge on any atom is 0.261 e. The second-order valence-corrected chi connectivity index (χ2v) is 6.65. The summed E-state index contributed by atoms with van der Waals surface area (Å²) in [5.74, 6) is 0.151. The number of anilines is 1. The SMILES string of the molecule is COc1cc(Br)c2occ(C(=O)Nc3ccccc3Br)c(=N)c2c1. The Labute approximate surface area is 154 Å². The van der Waals surface area contributed by atoms with Gasteiger partial charge in [-0.25, -0.2) is 0 Å². The van der Waals surface area contributed by atoms with Gasteiger partial charge in [0.15, 0.2) is 0 Å². The van der Waals surface area contributed by atoms with E-state index in [-0.39, 0.29) is 10.9 Å². The zero-order chi connectivity index (χ0) is 17.3. The number of benzene rings is 2. The number of para-hydroxylation sites is 1. The maximum absolute atomic E-state index is 12.5. The first-order valence-corrected chi connectivity index (χ1v) is 8.49. The first kappa shape index (κ1) is 16.7. The number of carbonyl (C=O) groups is 1. The Balaban J connectivity index is 2.07. The van der Waals surface area contributed by atoms with Crippen molar-refractivity contribution in [3.8, 4) is 5.75 Å². The van der Waals surface area contributed by atoms with Crippen molar-refractivity contribution in [2.75, 3.05) is 12.4 Å². The van der Waals surface area contributed by atoms with Gasteiger partial charge in [-0.1, -0.05) is 12.1 Å². The lowest BCUT2D eigenvalue weighted by molar-refractivity contribution is 0.102. The van der Waals surface area contributed by atoms with Crippen LogP contribution in [0.2, 0.25) is 0 Å². The van der Waals surface area contributed by atoms with Crippen LogP contribution in [0.5, 0.6) is 5.75 Å². The number of methoxy groups -OCH3 is 1. The quantitative estimate of drug-likeness (QED) is 0.606. The van der Waals surface area contributed by atoms with Crippen molar-refractivity contribution in [3.63, 3.8) is 0 Å². The minimum atomic E-state index is -0.420. The molecule has 2 N–H and O–H groups in total. The third kappa shape index (κ3) is 3.09. The number of hydrogen-bond donors (Lipinski definition) is 2. The van der Waals surface area contributed by atoms with E-state index in [9.17, 15) is 4.79 Å². The van der Waals surface area contributed by atoms with Crippen LogP contribution in [0.1, 0.15) is 10.4 Å². The van der Waals surface area contributed by atoms with Gasteiger partial charge in [-0.15, -0.1) is 0 Å². The first-order valence-electron chi connectivity index (χ1n) is 6.91. The largest absolute Gasteiger partial charge is 0.497 e. The molecule has 1 aromatic heterocycles. The average molecular weight is 452 g/mol. The predicted molar refractivity (Wildman–Crippen MR) is 98.4 cm³/mol. The van der Waals surface area contributed by atoms with E-state index < -0.39 is 5.91 Å². The zero-order valence-electron chi connectivity index (χ0n) is 12.5. The van der Waals surface area contributed by atoms with Crippen LogP contribution in [0.25, 0.3) is 11.0 Å². The summed E-state index contributed by atoms with van der Waals surface area (Å²) in [5, 5.41) is 11.7. The first-order chi connectivity index (χ1) is 11.5. The van der Waals surface area contributed by atoms with Crippen molar-refractivity contribution < 1.29 is 13.9 Å². The molecule has 3 rings (SSSR count). The molecule has 0 unspecified atom stereocenters. The van der Waals surface area contributed by atoms with Crippen LogP contribution in [0.4, 0.5) is 5.69 Å². The standard InChI is InChI=1S/C17H12Br2N2O3/c1-23-9-6-10-15(20)11(8-24-16(10)13(19)7-9)17(22)21-14-5-3-2-4-12(14)18/h2-8,20H,1H3,(H,21,22).